The minimum absolute atomic E-state index is 0.165. The predicted octanol–water partition coefficient (Wildman–Crippen LogP) is 4.46. The minimum Gasteiger partial charge on any atom is -0.485 e. The third-order valence-corrected chi connectivity index (χ3v) is 9.34. The van der Waals surface area contributed by atoms with Gasteiger partial charge in [0.25, 0.3) is 5.91 Å². The van der Waals surface area contributed by atoms with Crippen molar-refractivity contribution in [2.45, 2.75) is 44.4 Å². The van der Waals surface area contributed by atoms with Gasteiger partial charge in [-0.1, -0.05) is 30.3 Å². The first-order valence-corrected chi connectivity index (χ1v) is 15.4. The van der Waals surface area contributed by atoms with Gasteiger partial charge in [-0.25, -0.2) is 14.6 Å². The molecule has 2 fully saturated rings. The van der Waals surface area contributed by atoms with E-state index < -0.39 is 0 Å². The normalized spacial score (nSPS) is 19.9. The summed E-state index contributed by atoms with van der Waals surface area (Å²) in [4.78, 5) is 27.3. The first kappa shape index (κ1) is 28.3. The molecular weight excluding hydrogens is 554 g/mol. The van der Waals surface area contributed by atoms with E-state index >= 15 is 0 Å². The van der Waals surface area contributed by atoms with E-state index in [0.29, 0.717) is 34.7 Å². The number of ether oxygens (including phenoxy) is 1. The summed E-state index contributed by atoms with van der Waals surface area (Å²) in [5.74, 6) is 0.730. The number of para-hydroxylation sites is 3. The monoisotopic (exact) mass is 593 g/mol. The van der Waals surface area contributed by atoms with Gasteiger partial charge in [-0.3, -0.25) is 9.69 Å². The van der Waals surface area contributed by atoms with E-state index in [2.05, 4.69) is 32.1 Å². The number of benzene rings is 2. The van der Waals surface area contributed by atoms with Gasteiger partial charge in [-0.05, 0) is 57.0 Å². The van der Waals surface area contributed by atoms with Gasteiger partial charge in [0.1, 0.15) is 35.9 Å². The maximum atomic E-state index is 13.3. The number of aromatic nitrogens is 5. The molecule has 2 aliphatic rings. The Kier molecular flexibility index (Phi) is 7.65. The average molecular weight is 594 g/mol. The van der Waals surface area contributed by atoms with Gasteiger partial charge in [0.05, 0.1) is 17.1 Å². The van der Waals surface area contributed by atoms with Gasteiger partial charge in [-0.2, -0.15) is 5.10 Å². The van der Waals surface area contributed by atoms with Crippen LogP contribution in [0, 0.1) is 0 Å². The lowest BCUT2D eigenvalue weighted by atomic mass is 9.90. The zero-order valence-corrected chi connectivity index (χ0v) is 25.3. The molecule has 11 heteroatoms. The number of carbonyl (C=O) groups is 1. The topological polar surface area (TPSA) is 119 Å². The van der Waals surface area contributed by atoms with Crippen LogP contribution in [0.3, 0.4) is 0 Å². The lowest BCUT2D eigenvalue weighted by Crippen LogP contribution is -2.49. The maximum absolute atomic E-state index is 13.3. The van der Waals surface area contributed by atoms with E-state index in [4.69, 9.17) is 15.6 Å². The van der Waals surface area contributed by atoms with Crippen LogP contribution in [0.5, 0.6) is 5.75 Å². The van der Waals surface area contributed by atoms with Gasteiger partial charge in [0.15, 0.2) is 5.65 Å². The molecule has 1 aliphatic carbocycles. The summed E-state index contributed by atoms with van der Waals surface area (Å²) in [7, 11) is 4.10. The molecule has 1 saturated heterocycles. The van der Waals surface area contributed by atoms with E-state index in [1.807, 2.05) is 70.9 Å². The molecule has 4 heterocycles. The van der Waals surface area contributed by atoms with Crippen LogP contribution in [0.1, 0.15) is 47.9 Å². The van der Waals surface area contributed by atoms with Gasteiger partial charge < -0.3 is 25.3 Å². The molecule has 2 aromatic carbocycles. The highest BCUT2D eigenvalue weighted by Crippen LogP contribution is 2.35. The SMILES string of the molecule is CN1CCN([C@H]2CC[C@H](n3nc(COc4ccccc4NC(=O)c4cc5ccccc5n4C)c4c(N)ncnc43)CC2)CC1. The number of carbonyl (C=O) groups excluding carboxylic acids is 1. The first-order chi connectivity index (χ1) is 21.5. The summed E-state index contributed by atoms with van der Waals surface area (Å²) in [5, 5.41) is 9.79. The molecule has 0 radical (unpaired) electrons. The van der Waals surface area contributed by atoms with Crippen molar-refractivity contribution in [3.05, 3.63) is 72.3 Å². The Morgan fingerprint density at radius 2 is 1.68 bits per heavy atom. The molecule has 7 rings (SSSR count). The lowest BCUT2D eigenvalue weighted by Gasteiger charge is -2.41. The molecule has 0 spiro atoms. The summed E-state index contributed by atoms with van der Waals surface area (Å²) < 4.78 is 10.2. The number of fused-ring (bicyclic) bond motifs is 2. The lowest BCUT2D eigenvalue weighted by molar-refractivity contribution is 0.0814. The number of aryl methyl sites for hydroxylation is 1. The summed E-state index contributed by atoms with van der Waals surface area (Å²) >= 11 is 0. The second-order valence-electron chi connectivity index (χ2n) is 12.0. The van der Waals surface area contributed by atoms with Crippen LogP contribution in [-0.4, -0.2) is 79.3 Å². The third-order valence-electron chi connectivity index (χ3n) is 9.34. The zero-order valence-electron chi connectivity index (χ0n) is 25.3. The van der Waals surface area contributed by atoms with Crippen LogP contribution < -0.4 is 15.8 Å². The molecule has 3 N–H and O–H groups in total. The highest BCUT2D eigenvalue weighted by atomic mass is 16.5. The molecule has 44 heavy (non-hydrogen) atoms. The Morgan fingerprint density at radius 3 is 2.48 bits per heavy atom. The number of hydrogen-bond donors (Lipinski definition) is 2. The number of nitrogen functional groups attached to an aromatic ring is 1. The van der Waals surface area contributed by atoms with Crippen LogP contribution in [0.15, 0.2) is 60.9 Å². The van der Waals surface area contributed by atoms with E-state index in [1.54, 1.807) is 0 Å². The molecule has 1 aliphatic heterocycles. The van der Waals surface area contributed by atoms with Crippen molar-refractivity contribution in [3.8, 4) is 5.75 Å². The van der Waals surface area contributed by atoms with Gasteiger partial charge in [-0.15, -0.1) is 0 Å². The highest BCUT2D eigenvalue weighted by Gasteiger charge is 2.30. The third kappa shape index (κ3) is 5.37. The zero-order chi connectivity index (χ0) is 30.2. The molecule has 0 bridgehead atoms. The number of nitrogens with zero attached hydrogens (tertiary/aromatic N) is 7. The fourth-order valence-electron chi connectivity index (χ4n) is 6.81. The smallest absolute Gasteiger partial charge is 0.272 e. The molecule has 1 amide bonds. The number of piperazine rings is 1. The fraction of sp³-hybridized carbons (Fsp3) is 0.394. The molecule has 0 atom stereocenters. The van der Waals surface area contributed by atoms with E-state index in [0.717, 1.165) is 73.8 Å². The van der Waals surface area contributed by atoms with Crippen molar-refractivity contribution in [2.24, 2.45) is 7.05 Å². The van der Waals surface area contributed by atoms with Crippen molar-refractivity contribution < 1.29 is 9.53 Å². The number of likely N-dealkylation sites (N-methyl/N-ethyl adjacent to an activating group) is 1. The predicted molar refractivity (Wildman–Crippen MR) is 172 cm³/mol. The fourth-order valence-corrected chi connectivity index (χ4v) is 6.81. The van der Waals surface area contributed by atoms with Crippen LogP contribution in [0.25, 0.3) is 21.9 Å². The Balaban J connectivity index is 1.08. The minimum atomic E-state index is -0.209. The second kappa shape index (κ2) is 11.9. The highest BCUT2D eigenvalue weighted by molar-refractivity contribution is 6.07. The Labute approximate surface area is 256 Å². The maximum Gasteiger partial charge on any atom is 0.272 e. The van der Waals surface area contributed by atoms with Crippen molar-refractivity contribution in [2.75, 3.05) is 44.3 Å². The Morgan fingerprint density at radius 1 is 0.955 bits per heavy atom. The van der Waals surface area contributed by atoms with E-state index in [9.17, 15) is 4.79 Å². The van der Waals surface area contributed by atoms with Crippen molar-refractivity contribution in [1.82, 2.24) is 34.1 Å². The largest absolute Gasteiger partial charge is 0.485 e. The molecule has 11 nitrogen and oxygen atoms in total. The summed E-state index contributed by atoms with van der Waals surface area (Å²) in [6.07, 6.45) is 5.88. The number of amides is 1. The molecule has 1 saturated carbocycles. The quantitative estimate of drug-likeness (QED) is 0.284. The molecule has 228 valence electrons. The van der Waals surface area contributed by atoms with Crippen LogP contribution in [0.4, 0.5) is 11.5 Å². The van der Waals surface area contributed by atoms with Crippen molar-refractivity contribution in [1.29, 1.82) is 0 Å². The number of nitrogens with two attached hydrogens (primary N) is 1. The van der Waals surface area contributed by atoms with Crippen molar-refractivity contribution >= 4 is 39.3 Å². The van der Waals surface area contributed by atoms with Crippen LogP contribution >= 0.6 is 0 Å². The second-order valence-corrected chi connectivity index (χ2v) is 12.0. The Bertz CT molecular complexity index is 1800. The number of nitrogens with one attached hydrogen (secondary N) is 1. The number of rotatable bonds is 7. The van der Waals surface area contributed by atoms with Gasteiger partial charge >= 0.3 is 0 Å². The summed E-state index contributed by atoms with van der Waals surface area (Å²) in [6, 6.07) is 18.1. The molecule has 0 unspecified atom stereocenters. The molecular formula is C33H39N9O2. The Hall–Kier alpha value is -4.48. The standard InChI is InChI=1S/C33H39N9O2/c1-39-15-17-41(18-16-39)23-11-13-24(14-12-23)42-32-30(31(34)35-21-36-32)26(38-42)20-44-29-10-6-4-8-25(29)37-33(43)28-19-22-7-3-5-9-27(22)40(28)2/h3-10,19,21,23-24H,11-18,20H2,1-2H3,(H,37,43)(H2,34,35,36)/t23-,24-. The first-order valence-electron chi connectivity index (χ1n) is 15.4. The van der Waals surface area contributed by atoms with Crippen LogP contribution in [-0.2, 0) is 13.7 Å². The van der Waals surface area contributed by atoms with Crippen molar-refractivity contribution in [3.63, 3.8) is 0 Å². The van der Waals surface area contributed by atoms with E-state index in [-0.39, 0.29) is 18.6 Å². The average Bonchev–Trinajstić information content (AvgIpc) is 3.60. The van der Waals surface area contributed by atoms with Crippen LogP contribution in [0.2, 0.25) is 0 Å². The summed E-state index contributed by atoms with van der Waals surface area (Å²) in [6.45, 7) is 4.73. The van der Waals surface area contributed by atoms with Gasteiger partial charge in [0.2, 0.25) is 0 Å². The summed E-state index contributed by atoms with van der Waals surface area (Å²) in [5.41, 5.74) is 9.96. The molecule has 5 aromatic rings. The van der Waals surface area contributed by atoms with Gasteiger partial charge in [0, 0.05) is 50.2 Å². The number of anilines is 2. The number of hydrogen-bond acceptors (Lipinski definition) is 8. The van der Waals surface area contributed by atoms with E-state index in [1.165, 1.54) is 6.33 Å². The molecule has 3 aromatic heterocycles.